The summed E-state index contributed by atoms with van der Waals surface area (Å²) in [5.74, 6) is 1.03. The summed E-state index contributed by atoms with van der Waals surface area (Å²) in [6, 6.07) is 6.26. The fraction of sp³-hybridized carbons (Fsp3) is 0.474. The number of piperazine rings is 1. The highest BCUT2D eigenvalue weighted by Gasteiger charge is 2.22. The van der Waals surface area contributed by atoms with E-state index in [1.54, 1.807) is 6.92 Å². The molecule has 0 aliphatic carbocycles. The zero-order chi connectivity index (χ0) is 18.0. The first kappa shape index (κ1) is 17.5. The average molecular weight is 342 g/mol. The van der Waals surface area contributed by atoms with Crippen molar-refractivity contribution in [1.29, 1.82) is 0 Å². The molecule has 2 aromatic rings. The lowest BCUT2D eigenvalue weighted by molar-refractivity contribution is -0.129. The number of aromatic nitrogens is 1. The van der Waals surface area contributed by atoms with Crippen LogP contribution in [0, 0.1) is 6.92 Å². The van der Waals surface area contributed by atoms with E-state index in [0.29, 0.717) is 6.54 Å². The molecule has 0 atom stereocenters. The molecule has 1 aromatic carbocycles. The topological polar surface area (TPSA) is 59.9 Å². The van der Waals surface area contributed by atoms with Crippen molar-refractivity contribution in [3.63, 3.8) is 0 Å². The van der Waals surface area contributed by atoms with Gasteiger partial charge >= 0.3 is 0 Å². The van der Waals surface area contributed by atoms with Gasteiger partial charge in [0.1, 0.15) is 5.82 Å². The van der Waals surface area contributed by atoms with Crippen molar-refractivity contribution >= 4 is 28.2 Å². The van der Waals surface area contributed by atoms with E-state index < -0.39 is 0 Å². The summed E-state index contributed by atoms with van der Waals surface area (Å²) in [5.41, 5.74) is 2.33. The maximum atomic E-state index is 11.6. The Hall–Kier alpha value is -2.34. The van der Waals surface area contributed by atoms with Crippen LogP contribution in [0.25, 0.3) is 10.8 Å². The molecule has 134 valence electrons. The summed E-state index contributed by atoms with van der Waals surface area (Å²) in [4.78, 5) is 22.4. The molecule has 1 saturated heterocycles. The molecule has 0 bridgehead atoms. The first-order valence-electron chi connectivity index (χ1n) is 8.73. The number of carbonyl (C=O) groups excluding carboxylic acids is 1. The van der Waals surface area contributed by atoms with E-state index in [9.17, 15) is 9.90 Å². The van der Waals surface area contributed by atoms with Gasteiger partial charge in [0.05, 0.1) is 18.5 Å². The van der Waals surface area contributed by atoms with Crippen molar-refractivity contribution < 1.29 is 9.90 Å². The van der Waals surface area contributed by atoms with Crippen LogP contribution < -0.4 is 9.80 Å². The van der Waals surface area contributed by atoms with Crippen molar-refractivity contribution in [2.24, 2.45) is 0 Å². The molecule has 1 aromatic heterocycles. The van der Waals surface area contributed by atoms with Crippen LogP contribution in [0.2, 0.25) is 0 Å². The van der Waals surface area contributed by atoms with Crippen LogP contribution in [-0.2, 0) is 4.79 Å². The van der Waals surface area contributed by atoms with E-state index in [-0.39, 0.29) is 12.5 Å². The van der Waals surface area contributed by atoms with Crippen LogP contribution >= 0.6 is 0 Å². The maximum Gasteiger partial charge on any atom is 0.219 e. The highest BCUT2D eigenvalue weighted by atomic mass is 16.3. The second-order valence-corrected chi connectivity index (χ2v) is 6.60. The van der Waals surface area contributed by atoms with E-state index >= 15 is 0 Å². The lowest BCUT2D eigenvalue weighted by atomic mass is 10.0. The predicted molar refractivity (Wildman–Crippen MR) is 101 cm³/mol. The highest BCUT2D eigenvalue weighted by Crippen LogP contribution is 2.34. The summed E-state index contributed by atoms with van der Waals surface area (Å²) in [6.45, 7) is 7.51. The van der Waals surface area contributed by atoms with Gasteiger partial charge in [-0.25, -0.2) is 4.98 Å². The quantitative estimate of drug-likeness (QED) is 0.915. The van der Waals surface area contributed by atoms with Crippen LogP contribution in [0.3, 0.4) is 0 Å². The average Bonchev–Trinajstić information content (AvgIpc) is 2.61. The highest BCUT2D eigenvalue weighted by molar-refractivity contribution is 6.02. The maximum absolute atomic E-state index is 11.6. The number of carbonyl (C=O) groups is 1. The number of aryl methyl sites for hydroxylation is 1. The number of amides is 1. The molecule has 6 nitrogen and oxygen atoms in total. The smallest absolute Gasteiger partial charge is 0.219 e. The van der Waals surface area contributed by atoms with Crippen molar-refractivity contribution in [3.8, 4) is 0 Å². The minimum atomic E-state index is 0.0975. The van der Waals surface area contributed by atoms with Gasteiger partial charge < -0.3 is 19.8 Å². The van der Waals surface area contributed by atoms with Crippen LogP contribution in [0.5, 0.6) is 0 Å². The van der Waals surface area contributed by atoms with E-state index in [0.717, 1.165) is 43.1 Å². The number of hydrogen-bond acceptors (Lipinski definition) is 5. The first-order valence-corrected chi connectivity index (χ1v) is 8.73. The second kappa shape index (κ2) is 7.27. The number of pyridine rings is 1. The molecule has 25 heavy (non-hydrogen) atoms. The zero-order valence-corrected chi connectivity index (χ0v) is 15.2. The third-order valence-corrected chi connectivity index (χ3v) is 4.94. The fourth-order valence-electron chi connectivity index (χ4n) is 3.51. The van der Waals surface area contributed by atoms with E-state index in [1.807, 2.05) is 29.1 Å². The molecule has 1 aliphatic rings. The number of benzene rings is 1. The molecular formula is C19H26N4O2. The van der Waals surface area contributed by atoms with Gasteiger partial charge in [-0.05, 0) is 12.5 Å². The summed E-state index contributed by atoms with van der Waals surface area (Å²) < 4.78 is 0. The van der Waals surface area contributed by atoms with Gasteiger partial charge in [0.2, 0.25) is 5.91 Å². The lowest BCUT2D eigenvalue weighted by Gasteiger charge is -2.36. The zero-order valence-electron chi connectivity index (χ0n) is 15.2. The normalized spacial score (nSPS) is 14.9. The molecule has 0 unspecified atom stereocenters. The van der Waals surface area contributed by atoms with Crippen molar-refractivity contribution in [1.82, 2.24) is 9.88 Å². The third-order valence-electron chi connectivity index (χ3n) is 4.94. The van der Waals surface area contributed by atoms with Crippen LogP contribution in [0.4, 0.5) is 11.5 Å². The Bertz CT molecular complexity index is 769. The molecule has 0 spiro atoms. The lowest BCUT2D eigenvalue weighted by Crippen LogP contribution is -2.48. The molecular weight excluding hydrogens is 316 g/mol. The SMILES string of the molecule is CC(=O)N1CCN(c2cnc(N(C)CCO)c3cccc(C)c23)CC1. The summed E-state index contributed by atoms with van der Waals surface area (Å²) >= 11 is 0. The van der Waals surface area contributed by atoms with E-state index in [4.69, 9.17) is 0 Å². The predicted octanol–water partition coefficient (Wildman–Crippen LogP) is 1.64. The molecule has 0 radical (unpaired) electrons. The monoisotopic (exact) mass is 342 g/mol. The van der Waals surface area contributed by atoms with Gasteiger partial charge in [0, 0.05) is 57.5 Å². The van der Waals surface area contributed by atoms with E-state index in [2.05, 4.69) is 28.9 Å². The number of aliphatic hydroxyl groups excluding tert-OH is 1. The summed E-state index contributed by atoms with van der Waals surface area (Å²) in [7, 11) is 1.95. The molecule has 1 fully saturated rings. The van der Waals surface area contributed by atoms with Crippen LogP contribution in [0.15, 0.2) is 24.4 Å². The Morgan fingerprint density at radius 2 is 2.00 bits per heavy atom. The minimum Gasteiger partial charge on any atom is -0.395 e. The Kier molecular flexibility index (Phi) is 5.08. The number of hydrogen-bond donors (Lipinski definition) is 1. The minimum absolute atomic E-state index is 0.0975. The fourth-order valence-corrected chi connectivity index (χ4v) is 3.51. The van der Waals surface area contributed by atoms with Gasteiger partial charge in [-0.2, -0.15) is 0 Å². The number of nitrogens with zero attached hydrogens (tertiary/aromatic N) is 4. The van der Waals surface area contributed by atoms with Gasteiger partial charge in [0.25, 0.3) is 0 Å². The molecule has 1 N–H and O–H groups in total. The van der Waals surface area contributed by atoms with Crippen molar-refractivity contribution in [3.05, 3.63) is 30.0 Å². The van der Waals surface area contributed by atoms with Gasteiger partial charge in [-0.15, -0.1) is 0 Å². The van der Waals surface area contributed by atoms with Gasteiger partial charge in [-0.3, -0.25) is 4.79 Å². The standard InChI is InChI=1S/C19H26N4O2/c1-14-5-4-6-16-18(14)17(13-20-19(16)21(3)11-12-24)23-9-7-22(8-10-23)15(2)25/h4-6,13,24H,7-12H2,1-3H3. The van der Waals surface area contributed by atoms with Crippen molar-refractivity contribution in [2.75, 3.05) is 56.2 Å². The molecule has 1 aliphatic heterocycles. The number of rotatable bonds is 4. The summed E-state index contributed by atoms with van der Waals surface area (Å²) in [6.07, 6.45) is 1.93. The van der Waals surface area contributed by atoms with Gasteiger partial charge in [0.15, 0.2) is 0 Å². The number of anilines is 2. The number of likely N-dealkylation sites (N-methyl/N-ethyl adjacent to an activating group) is 1. The summed E-state index contributed by atoms with van der Waals surface area (Å²) in [5, 5.41) is 11.5. The Balaban J connectivity index is 2.00. The molecule has 6 heteroatoms. The first-order chi connectivity index (χ1) is 12.0. The Morgan fingerprint density at radius 1 is 1.28 bits per heavy atom. The number of fused-ring (bicyclic) bond motifs is 1. The van der Waals surface area contributed by atoms with E-state index in [1.165, 1.54) is 10.9 Å². The third kappa shape index (κ3) is 3.39. The molecule has 3 rings (SSSR count). The largest absolute Gasteiger partial charge is 0.395 e. The van der Waals surface area contributed by atoms with Gasteiger partial charge in [-0.1, -0.05) is 18.2 Å². The molecule has 1 amide bonds. The van der Waals surface area contributed by atoms with Crippen molar-refractivity contribution in [2.45, 2.75) is 13.8 Å². The Morgan fingerprint density at radius 3 is 2.64 bits per heavy atom. The Labute approximate surface area is 148 Å². The molecule has 2 heterocycles. The van der Waals surface area contributed by atoms with Crippen LogP contribution in [-0.4, -0.2) is 67.3 Å². The van der Waals surface area contributed by atoms with Crippen LogP contribution in [0.1, 0.15) is 12.5 Å². The number of aliphatic hydroxyl groups is 1. The molecule has 0 saturated carbocycles. The second-order valence-electron chi connectivity index (χ2n) is 6.60.